The second-order valence-electron chi connectivity index (χ2n) is 6.42. The lowest BCUT2D eigenvalue weighted by molar-refractivity contribution is -0.190. The second kappa shape index (κ2) is 7.62. The topological polar surface area (TPSA) is 106 Å². The van der Waals surface area contributed by atoms with Crippen LogP contribution in [0.5, 0.6) is 5.88 Å². The molecule has 1 aliphatic heterocycles. The molecule has 9 nitrogen and oxygen atoms in total. The first kappa shape index (κ1) is 19.1. The summed E-state index contributed by atoms with van der Waals surface area (Å²) < 4.78 is 42.4. The van der Waals surface area contributed by atoms with Gasteiger partial charge >= 0.3 is 12.1 Å². The van der Waals surface area contributed by atoms with Crippen molar-refractivity contribution >= 4 is 17.6 Å². The van der Waals surface area contributed by atoms with E-state index in [-0.39, 0.29) is 11.7 Å². The maximum atomic E-state index is 12.3. The summed E-state index contributed by atoms with van der Waals surface area (Å²) in [5.41, 5.74) is 1.22. The Morgan fingerprint density at radius 3 is 2.72 bits per heavy atom. The normalized spacial score (nSPS) is 15.4. The average molecular weight is 407 g/mol. The van der Waals surface area contributed by atoms with Crippen LogP contribution in [-0.2, 0) is 4.79 Å². The third kappa shape index (κ3) is 4.42. The summed E-state index contributed by atoms with van der Waals surface area (Å²) in [6.07, 6.45) is -0.0810. The molecule has 0 unspecified atom stereocenters. The molecule has 0 aliphatic carbocycles. The van der Waals surface area contributed by atoms with Crippen LogP contribution in [0.1, 0.15) is 12.8 Å². The van der Waals surface area contributed by atoms with Crippen LogP contribution in [0, 0.1) is 0 Å². The molecule has 12 heteroatoms. The fourth-order valence-corrected chi connectivity index (χ4v) is 2.92. The lowest BCUT2D eigenvalue weighted by Gasteiger charge is -2.23. The van der Waals surface area contributed by atoms with Gasteiger partial charge in [0.05, 0.1) is 11.4 Å². The number of rotatable bonds is 4. The number of nitrogens with zero attached hydrogens (tertiary/aromatic N) is 5. The summed E-state index contributed by atoms with van der Waals surface area (Å²) in [5, 5.41) is 10.3. The van der Waals surface area contributed by atoms with Crippen molar-refractivity contribution in [2.45, 2.75) is 25.1 Å². The Morgan fingerprint density at radius 2 is 1.97 bits per heavy atom. The van der Waals surface area contributed by atoms with E-state index in [0.717, 1.165) is 32.0 Å². The number of aromatic nitrogens is 5. The molecule has 0 saturated carbocycles. The van der Waals surface area contributed by atoms with Crippen molar-refractivity contribution in [1.82, 2.24) is 29.9 Å². The van der Waals surface area contributed by atoms with Gasteiger partial charge in [0.15, 0.2) is 5.65 Å². The molecule has 0 bridgehead atoms. The number of carbonyl (C=O) groups excluding carboxylic acids is 1. The number of esters is 1. The van der Waals surface area contributed by atoms with Crippen molar-refractivity contribution in [3.63, 3.8) is 0 Å². The van der Waals surface area contributed by atoms with Gasteiger partial charge in [-0.1, -0.05) is 0 Å². The molecule has 4 heterocycles. The Hall–Kier alpha value is -3.28. The summed E-state index contributed by atoms with van der Waals surface area (Å²) in [5.74, 6) is -2.36. The number of halogens is 3. The minimum absolute atomic E-state index is 0.207. The first-order valence-corrected chi connectivity index (χ1v) is 8.84. The second-order valence-corrected chi connectivity index (χ2v) is 6.42. The third-order valence-electron chi connectivity index (χ3n) is 4.32. The van der Waals surface area contributed by atoms with E-state index in [0.29, 0.717) is 17.3 Å². The molecule has 3 aromatic rings. The van der Waals surface area contributed by atoms with Crippen LogP contribution in [0.15, 0.2) is 30.6 Å². The number of ether oxygens (including phenoxy) is 1. The average Bonchev–Trinajstić information content (AvgIpc) is 3.09. The summed E-state index contributed by atoms with van der Waals surface area (Å²) >= 11 is 0. The van der Waals surface area contributed by atoms with Gasteiger partial charge in [-0.25, -0.2) is 24.3 Å². The molecule has 0 aromatic carbocycles. The highest BCUT2D eigenvalue weighted by molar-refractivity contribution is 5.78. The first-order chi connectivity index (χ1) is 13.9. The molecule has 0 radical (unpaired) electrons. The van der Waals surface area contributed by atoms with Crippen molar-refractivity contribution in [1.29, 1.82) is 0 Å². The summed E-state index contributed by atoms with van der Waals surface area (Å²) in [7, 11) is 0. The third-order valence-corrected chi connectivity index (χ3v) is 4.32. The van der Waals surface area contributed by atoms with Crippen LogP contribution in [0.2, 0.25) is 0 Å². The lowest BCUT2D eigenvalue weighted by atomic mass is 10.1. The highest BCUT2D eigenvalue weighted by Gasteiger charge is 2.41. The molecule has 2 N–H and O–H groups in total. The van der Waals surface area contributed by atoms with Crippen LogP contribution in [0.3, 0.4) is 0 Å². The lowest BCUT2D eigenvalue weighted by Crippen LogP contribution is -2.35. The number of anilines is 1. The van der Waals surface area contributed by atoms with Gasteiger partial charge in [-0.2, -0.15) is 13.2 Å². The van der Waals surface area contributed by atoms with Crippen molar-refractivity contribution in [3.05, 3.63) is 30.6 Å². The van der Waals surface area contributed by atoms with Gasteiger partial charge < -0.3 is 15.4 Å². The number of piperidine rings is 1. The quantitative estimate of drug-likeness (QED) is 0.631. The molecule has 3 aromatic heterocycles. The highest BCUT2D eigenvalue weighted by atomic mass is 19.4. The minimum Gasteiger partial charge on any atom is -0.399 e. The van der Waals surface area contributed by atoms with E-state index in [1.54, 1.807) is 18.3 Å². The number of hydrogen-bond donors (Lipinski definition) is 2. The van der Waals surface area contributed by atoms with Gasteiger partial charge in [-0.3, -0.25) is 0 Å². The minimum atomic E-state index is -5.10. The Balaban J connectivity index is 1.54. The SMILES string of the molecule is O=C(Oc1cc2nc(-c3ccnc(NC4CCNCC4)n3)ccn2n1)C(F)(F)F. The molecule has 29 heavy (non-hydrogen) atoms. The zero-order chi connectivity index (χ0) is 20.4. The van der Waals surface area contributed by atoms with Crippen LogP contribution in [-0.4, -0.2) is 55.8 Å². The van der Waals surface area contributed by atoms with E-state index in [1.165, 1.54) is 10.7 Å². The van der Waals surface area contributed by atoms with Gasteiger partial charge in [0.1, 0.15) is 0 Å². The molecule has 152 valence electrons. The summed E-state index contributed by atoms with van der Waals surface area (Å²) in [6.45, 7) is 1.86. The first-order valence-electron chi connectivity index (χ1n) is 8.84. The number of hydrogen-bond acceptors (Lipinski definition) is 8. The maximum absolute atomic E-state index is 12.3. The molecule has 0 spiro atoms. The Labute approximate surface area is 162 Å². The number of nitrogens with one attached hydrogen (secondary N) is 2. The van der Waals surface area contributed by atoms with E-state index in [9.17, 15) is 18.0 Å². The van der Waals surface area contributed by atoms with Crippen LogP contribution < -0.4 is 15.4 Å². The maximum Gasteiger partial charge on any atom is 0.491 e. The van der Waals surface area contributed by atoms with E-state index < -0.39 is 18.0 Å². The molecule has 0 amide bonds. The summed E-state index contributed by atoms with van der Waals surface area (Å²) in [4.78, 5) is 24.0. The predicted molar refractivity (Wildman–Crippen MR) is 95.2 cm³/mol. The smallest absolute Gasteiger partial charge is 0.399 e. The van der Waals surface area contributed by atoms with Gasteiger partial charge in [0, 0.05) is 24.5 Å². The van der Waals surface area contributed by atoms with E-state index in [4.69, 9.17) is 0 Å². The largest absolute Gasteiger partial charge is 0.491 e. The van der Waals surface area contributed by atoms with E-state index in [2.05, 4.69) is 35.4 Å². The van der Waals surface area contributed by atoms with Crippen LogP contribution >= 0.6 is 0 Å². The van der Waals surface area contributed by atoms with Crippen molar-refractivity contribution in [2.24, 2.45) is 0 Å². The predicted octanol–water partition coefficient (Wildman–Crippen LogP) is 1.82. The molecule has 0 atom stereocenters. The van der Waals surface area contributed by atoms with Crippen molar-refractivity contribution in [3.8, 4) is 17.3 Å². The number of fused-ring (bicyclic) bond motifs is 1. The standard InChI is InChI=1S/C17H16F3N7O2/c18-17(19,20)15(28)29-14-9-13-24-12(4-8-27(13)26-14)11-3-7-22-16(25-11)23-10-1-5-21-6-2-10/h3-4,7-10,21H,1-2,5-6H2,(H,22,23,25). The van der Waals surface area contributed by atoms with Crippen LogP contribution in [0.4, 0.5) is 19.1 Å². The monoisotopic (exact) mass is 407 g/mol. The fourth-order valence-electron chi connectivity index (χ4n) is 2.92. The van der Waals surface area contributed by atoms with Crippen LogP contribution in [0.25, 0.3) is 17.0 Å². The van der Waals surface area contributed by atoms with Gasteiger partial charge in [0.2, 0.25) is 11.8 Å². The molecule has 1 fully saturated rings. The fraction of sp³-hybridized carbons (Fsp3) is 0.353. The molecule has 1 saturated heterocycles. The number of carbonyl (C=O) groups is 1. The van der Waals surface area contributed by atoms with Gasteiger partial charge in [-0.05, 0) is 38.1 Å². The molecular formula is C17H16F3N7O2. The zero-order valence-corrected chi connectivity index (χ0v) is 15.0. The summed E-state index contributed by atoms with van der Waals surface area (Å²) in [6, 6.07) is 4.70. The Morgan fingerprint density at radius 1 is 1.21 bits per heavy atom. The molecule has 4 rings (SSSR count). The van der Waals surface area contributed by atoms with Crippen molar-refractivity contribution < 1.29 is 22.7 Å². The van der Waals surface area contributed by atoms with E-state index >= 15 is 0 Å². The van der Waals surface area contributed by atoms with Crippen molar-refractivity contribution in [2.75, 3.05) is 18.4 Å². The van der Waals surface area contributed by atoms with Gasteiger partial charge in [0.25, 0.3) is 0 Å². The highest BCUT2D eigenvalue weighted by Crippen LogP contribution is 2.22. The van der Waals surface area contributed by atoms with Gasteiger partial charge in [-0.15, -0.1) is 5.10 Å². The Kier molecular flexibility index (Phi) is 5.01. The van der Waals surface area contributed by atoms with E-state index in [1.807, 2.05) is 0 Å². The molecular weight excluding hydrogens is 391 g/mol. The number of alkyl halides is 3. The zero-order valence-electron chi connectivity index (χ0n) is 15.0. The molecule has 1 aliphatic rings. The Bertz CT molecular complexity index is 1030.